The van der Waals surface area contributed by atoms with Crippen molar-refractivity contribution in [3.63, 3.8) is 0 Å². The number of amides is 3. The fraction of sp³-hybridized carbons (Fsp3) is 0.571. The number of unbranched alkanes of at least 4 members (excludes halogenated alkanes) is 1. The zero-order chi connectivity index (χ0) is 21.2. The summed E-state index contributed by atoms with van der Waals surface area (Å²) in [4.78, 5) is 38.9. The number of hydrogen-bond donors (Lipinski definition) is 2. The third kappa shape index (κ3) is 7.98. The molecular formula is C21H33N3O4. The number of ether oxygens (including phenoxy) is 1. The molecule has 0 radical (unpaired) electrons. The lowest BCUT2D eigenvalue weighted by atomic mass is 10.0. The molecule has 28 heavy (non-hydrogen) atoms. The van der Waals surface area contributed by atoms with Gasteiger partial charge in [0, 0.05) is 13.1 Å². The van der Waals surface area contributed by atoms with Crippen molar-refractivity contribution < 1.29 is 19.1 Å². The van der Waals surface area contributed by atoms with Gasteiger partial charge in [0.2, 0.25) is 11.8 Å². The summed E-state index contributed by atoms with van der Waals surface area (Å²) in [5.41, 5.74) is 0.0764. The highest BCUT2D eigenvalue weighted by molar-refractivity contribution is 5.90. The fourth-order valence-corrected chi connectivity index (χ4v) is 2.66. The second-order valence-electron chi connectivity index (χ2n) is 7.49. The summed E-state index contributed by atoms with van der Waals surface area (Å²) in [6.07, 6.45) is 1.17. The summed E-state index contributed by atoms with van der Waals surface area (Å²) in [7, 11) is 0. The van der Waals surface area contributed by atoms with Crippen molar-refractivity contribution in [2.24, 2.45) is 0 Å². The van der Waals surface area contributed by atoms with Gasteiger partial charge in [-0.25, -0.2) is 4.79 Å². The Labute approximate surface area is 167 Å². The van der Waals surface area contributed by atoms with E-state index in [4.69, 9.17) is 4.74 Å². The topological polar surface area (TPSA) is 87.7 Å². The van der Waals surface area contributed by atoms with Crippen molar-refractivity contribution in [3.05, 3.63) is 35.9 Å². The average molecular weight is 392 g/mol. The molecule has 0 aromatic heterocycles. The molecule has 1 rings (SSSR count). The van der Waals surface area contributed by atoms with E-state index in [1.807, 2.05) is 37.3 Å². The number of carbonyl (C=O) groups is 3. The molecule has 0 fully saturated rings. The van der Waals surface area contributed by atoms with Crippen LogP contribution in [-0.4, -0.2) is 48.0 Å². The highest BCUT2D eigenvalue weighted by Crippen LogP contribution is 2.21. The molecule has 2 N–H and O–H groups in total. The highest BCUT2D eigenvalue weighted by atomic mass is 16.6. The van der Waals surface area contributed by atoms with Crippen LogP contribution in [0.5, 0.6) is 0 Å². The minimum Gasteiger partial charge on any atom is -0.444 e. The molecule has 156 valence electrons. The molecule has 0 aliphatic rings. The van der Waals surface area contributed by atoms with E-state index in [2.05, 4.69) is 10.6 Å². The minimum atomic E-state index is -0.754. The first kappa shape index (κ1) is 23.5. The van der Waals surface area contributed by atoms with Crippen LogP contribution in [0.2, 0.25) is 0 Å². The molecule has 1 atom stereocenters. The first-order chi connectivity index (χ1) is 13.2. The van der Waals surface area contributed by atoms with Gasteiger partial charge in [-0.2, -0.15) is 0 Å². The van der Waals surface area contributed by atoms with Crippen LogP contribution in [-0.2, 0) is 14.3 Å². The number of hydrogen-bond acceptors (Lipinski definition) is 4. The first-order valence-electron chi connectivity index (χ1n) is 9.78. The van der Waals surface area contributed by atoms with E-state index in [1.165, 1.54) is 4.90 Å². The second kappa shape index (κ2) is 11.3. The third-order valence-corrected chi connectivity index (χ3v) is 3.95. The van der Waals surface area contributed by atoms with Crippen LogP contribution in [0, 0.1) is 0 Å². The van der Waals surface area contributed by atoms with Crippen LogP contribution in [0.25, 0.3) is 0 Å². The molecule has 0 spiro atoms. The molecule has 0 heterocycles. The molecule has 0 bridgehead atoms. The van der Waals surface area contributed by atoms with Crippen LogP contribution in [0.15, 0.2) is 30.3 Å². The molecule has 0 aliphatic heterocycles. The van der Waals surface area contributed by atoms with Crippen LogP contribution < -0.4 is 10.6 Å². The maximum atomic E-state index is 12.8. The summed E-state index contributed by atoms with van der Waals surface area (Å²) >= 11 is 0. The summed E-state index contributed by atoms with van der Waals surface area (Å²) in [5, 5.41) is 5.37. The standard InChI is InChI=1S/C21H33N3O4/c1-6-8-14-22-19(26)18(16-12-10-9-11-13-16)24(7-2)17(25)15-23-20(27)28-21(3,4)5/h9-13,18H,6-8,14-15H2,1-5H3,(H,22,26)(H,23,27). The normalized spacial score (nSPS) is 12.0. The Balaban J connectivity index is 2.91. The third-order valence-electron chi connectivity index (χ3n) is 3.95. The van der Waals surface area contributed by atoms with Gasteiger partial charge >= 0.3 is 6.09 Å². The van der Waals surface area contributed by atoms with Crippen molar-refractivity contribution in [1.82, 2.24) is 15.5 Å². The van der Waals surface area contributed by atoms with E-state index in [9.17, 15) is 14.4 Å². The Morgan fingerprint density at radius 2 is 1.71 bits per heavy atom. The number of benzene rings is 1. The van der Waals surface area contributed by atoms with Gasteiger partial charge < -0.3 is 20.3 Å². The summed E-state index contributed by atoms with van der Waals surface area (Å²) in [6, 6.07) is 8.41. The molecule has 0 saturated carbocycles. The Hall–Kier alpha value is -2.57. The SMILES string of the molecule is CCCCNC(=O)C(c1ccccc1)N(CC)C(=O)CNC(=O)OC(C)(C)C. The van der Waals surface area contributed by atoms with Gasteiger partial charge in [-0.15, -0.1) is 0 Å². The molecule has 7 nitrogen and oxygen atoms in total. The molecular weight excluding hydrogens is 358 g/mol. The van der Waals surface area contributed by atoms with E-state index in [0.29, 0.717) is 13.1 Å². The Morgan fingerprint density at radius 3 is 2.25 bits per heavy atom. The molecule has 3 amide bonds. The predicted molar refractivity (Wildman–Crippen MR) is 109 cm³/mol. The summed E-state index contributed by atoms with van der Waals surface area (Å²) in [5.74, 6) is -0.583. The number of rotatable bonds is 9. The zero-order valence-electron chi connectivity index (χ0n) is 17.6. The van der Waals surface area contributed by atoms with Crippen molar-refractivity contribution in [2.45, 2.75) is 59.1 Å². The van der Waals surface area contributed by atoms with Crippen molar-refractivity contribution in [1.29, 1.82) is 0 Å². The molecule has 1 aromatic carbocycles. The maximum Gasteiger partial charge on any atom is 0.408 e. The van der Waals surface area contributed by atoms with Gasteiger partial charge in [0.25, 0.3) is 0 Å². The van der Waals surface area contributed by atoms with Gasteiger partial charge in [0.1, 0.15) is 18.2 Å². The average Bonchev–Trinajstić information content (AvgIpc) is 2.63. The number of alkyl carbamates (subject to hydrolysis) is 1. The Morgan fingerprint density at radius 1 is 1.07 bits per heavy atom. The van der Waals surface area contributed by atoms with Gasteiger partial charge in [-0.3, -0.25) is 9.59 Å². The van der Waals surface area contributed by atoms with Gasteiger partial charge in [0.05, 0.1) is 0 Å². The summed E-state index contributed by atoms with van der Waals surface area (Å²) in [6.45, 7) is 9.74. The van der Waals surface area contributed by atoms with Gasteiger partial charge in [0.15, 0.2) is 0 Å². The minimum absolute atomic E-state index is 0.230. The van der Waals surface area contributed by atoms with Crippen molar-refractivity contribution in [3.8, 4) is 0 Å². The molecule has 1 unspecified atom stereocenters. The highest BCUT2D eigenvalue weighted by Gasteiger charge is 2.30. The number of nitrogens with one attached hydrogen (secondary N) is 2. The Kier molecular flexibility index (Phi) is 9.48. The van der Waals surface area contributed by atoms with Gasteiger partial charge in [-0.05, 0) is 39.7 Å². The first-order valence-corrected chi connectivity index (χ1v) is 9.78. The molecule has 1 aromatic rings. The van der Waals surface area contributed by atoms with Crippen LogP contribution in [0.4, 0.5) is 4.79 Å². The number of carbonyl (C=O) groups excluding carboxylic acids is 3. The van der Waals surface area contributed by atoms with Crippen LogP contribution in [0.1, 0.15) is 59.1 Å². The number of likely N-dealkylation sites (N-methyl/N-ethyl adjacent to an activating group) is 1. The van der Waals surface area contributed by atoms with Crippen molar-refractivity contribution >= 4 is 17.9 Å². The van der Waals surface area contributed by atoms with E-state index < -0.39 is 17.7 Å². The van der Waals surface area contributed by atoms with E-state index in [-0.39, 0.29) is 18.4 Å². The van der Waals surface area contributed by atoms with Crippen molar-refractivity contribution in [2.75, 3.05) is 19.6 Å². The van der Waals surface area contributed by atoms with Crippen LogP contribution in [0.3, 0.4) is 0 Å². The fourth-order valence-electron chi connectivity index (χ4n) is 2.66. The predicted octanol–water partition coefficient (Wildman–Crippen LogP) is 3.02. The van der Waals surface area contributed by atoms with E-state index >= 15 is 0 Å². The quantitative estimate of drug-likeness (QED) is 0.634. The zero-order valence-corrected chi connectivity index (χ0v) is 17.6. The largest absolute Gasteiger partial charge is 0.444 e. The smallest absolute Gasteiger partial charge is 0.408 e. The van der Waals surface area contributed by atoms with Gasteiger partial charge in [-0.1, -0.05) is 43.7 Å². The lowest BCUT2D eigenvalue weighted by Gasteiger charge is -2.30. The lowest BCUT2D eigenvalue weighted by molar-refractivity contribution is -0.140. The van der Waals surface area contributed by atoms with Crippen LogP contribution >= 0.6 is 0 Å². The molecule has 7 heteroatoms. The number of nitrogens with zero attached hydrogens (tertiary/aromatic N) is 1. The summed E-state index contributed by atoms with van der Waals surface area (Å²) < 4.78 is 5.16. The van der Waals surface area contributed by atoms with E-state index in [0.717, 1.165) is 18.4 Å². The second-order valence-corrected chi connectivity index (χ2v) is 7.49. The monoisotopic (exact) mass is 391 g/mol. The molecule has 0 aliphatic carbocycles. The van der Waals surface area contributed by atoms with E-state index in [1.54, 1.807) is 27.7 Å². The maximum absolute atomic E-state index is 12.8. The Bertz CT molecular complexity index is 641. The lowest BCUT2D eigenvalue weighted by Crippen LogP contribution is -2.47. The molecule has 0 saturated heterocycles.